The summed E-state index contributed by atoms with van der Waals surface area (Å²) in [4.78, 5) is 24.5. The average Bonchev–Trinajstić information content (AvgIpc) is 3.27. The molecule has 3 aromatic rings. The molecule has 3 heterocycles. The fourth-order valence-electron chi connectivity index (χ4n) is 2.92. The summed E-state index contributed by atoms with van der Waals surface area (Å²) < 4.78 is 12.7. The lowest BCUT2D eigenvalue weighted by atomic mass is 10.2. The number of ether oxygens (including phenoxy) is 1. The van der Waals surface area contributed by atoms with E-state index in [2.05, 4.69) is 10.1 Å². The topological polar surface area (TPSA) is 83.0 Å². The van der Waals surface area contributed by atoms with E-state index in [9.17, 15) is 4.79 Å². The predicted molar refractivity (Wildman–Crippen MR) is 117 cm³/mol. The van der Waals surface area contributed by atoms with E-state index in [-0.39, 0.29) is 16.7 Å². The van der Waals surface area contributed by atoms with Gasteiger partial charge in [-0.25, -0.2) is 4.98 Å². The minimum atomic E-state index is -0.111. The van der Waals surface area contributed by atoms with Gasteiger partial charge in [0, 0.05) is 30.6 Å². The van der Waals surface area contributed by atoms with Crippen LogP contribution in [0.3, 0.4) is 0 Å². The summed E-state index contributed by atoms with van der Waals surface area (Å²) in [5.74, 6) is 1.44. The van der Waals surface area contributed by atoms with Gasteiger partial charge in [0.2, 0.25) is 5.89 Å². The van der Waals surface area contributed by atoms with Crippen LogP contribution >= 0.6 is 23.1 Å². The Hall–Kier alpha value is -1.71. The molecule has 0 unspecified atom stereocenters. The molecule has 0 aliphatic carbocycles. The lowest BCUT2D eigenvalue weighted by Crippen LogP contribution is -2.24. The van der Waals surface area contributed by atoms with Gasteiger partial charge in [0.25, 0.3) is 5.56 Å². The van der Waals surface area contributed by atoms with Gasteiger partial charge >= 0.3 is 0 Å². The molecule has 9 heteroatoms. The van der Waals surface area contributed by atoms with E-state index in [1.807, 2.05) is 41.5 Å². The monoisotopic (exact) mass is 436 g/mol. The number of thioether (sulfide) groups is 1. The summed E-state index contributed by atoms with van der Waals surface area (Å²) in [6.07, 6.45) is 0.753. The molecule has 0 spiro atoms. The van der Waals surface area contributed by atoms with E-state index in [1.165, 1.54) is 11.8 Å². The van der Waals surface area contributed by atoms with E-state index in [0.29, 0.717) is 36.6 Å². The first-order chi connectivity index (χ1) is 13.8. The van der Waals surface area contributed by atoms with Crippen molar-refractivity contribution in [2.24, 2.45) is 0 Å². The molecular formula is C20H28N4O3S2. The minimum Gasteiger partial charge on any atom is -0.382 e. The van der Waals surface area contributed by atoms with Gasteiger partial charge in [-0.05, 0) is 39.7 Å². The van der Waals surface area contributed by atoms with E-state index in [1.54, 1.807) is 15.9 Å². The third-order valence-corrected chi connectivity index (χ3v) is 6.91. The average molecular weight is 437 g/mol. The van der Waals surface area contributed by atoms with Crippen LogP contribution in [0.25, 0.3) is 10.2 Å². The normalized spacial score (nSPS) is 12.9. The third-order valence-electron chi connectivity index (χ3n) is 4.73. The SMILES string of the molecule is CCOCCCn1c(S[C@@H](C)c2nc(C(C)C)no2)nc2sc(C)c(C)c2c1=O. The highest BCUT2D eigenvalue weighted by Gasteiger charge is 2.22. The maximum atomic E-state index is 13.3. The van der Waals surface area contributed by atoms with Gasteiger partial charge in [0.1, 0.15) is 4.83 Å². The molecule has 158 valence electrons. The van der Waals surface area contributed by atoms with Crippen molar-refractivity contribution in [3.8, 4) is 0 Å². The van der Waals surface area contributed by atoms with Crippen molar-refractivity contribution in [1.29, 1.82) is 0 Å². The molecule has 0 fully saturated rings. The van der Waals surface area contributed by atoms with E-state index < -0.39 is 0 Å². The molecule has 0 saturated carbocycles. The molecule has 0 aliphatic rings. The van der Waals surface area contributed by atoms with Gasteiger partial charge in [-0.3, -0.25) is 9.36 Å². The van der Waals surface area contributed by atoms with Crippen molar-refractivity contribution in [2.75, 3.05) is 13.2 Å². The lowest BCUT2D eigenvalue weighted by molar-refractivity contribution is 0.140. The second kappa shape index (κ2) is 9.40. The summed E-state index contributed by atoms with van der Waals surface area (Å²) in [6.45, 7) is 13.9. The first-order valence-electron chi connectivity index (χ1n) is 9.91. The Kier molecular flexibility index (Phi) is 7.13. The molecule has 0 saturated heterocycles. The van der Waals surface area contributed by atoms with Crippen LogP contribution < -0.4 is 5.56 Å². The van der Waals surface area contributed by atoms with Gasteiger partial charge in [-0.1, -0.05) is 30.8 Å². The number of aryl methyl sites for hydroxylation is 2. The van der Waals surface area contributed by atoms with Crippen molar-refractivity contribution in [3.63, 3.8) is 0 Å². The van der Waals surface area contributed by atoms with Crippen molar-refractivity contribution in [3.05, 3.63) is 32.5 Å². The van der Waals surface area contributed by atoms with Gasteiger partial charge < -0.3 is 9.26 Å². The zero-order valence-corrected chi connectivity index (χ0v) is 19.4. The molecular weight excluding hydrogens is 408 g/mol. The van der Waals surface area contributed by atoms with E-state index >= 15 is 0 Å². The molecule has 3 aromatic heterocycles. The summed E-state index contributed by atoms with van der Waals surface area (Å²) in [6, 6.07) is 0. The van der Waals surface area contributed by atoms with Crippen molar-refractivity contribution in [2.45, 2.75) is 70.8 Å². The quantitative estimate of drug-likeness (QED) is 0.269. The summed E-state index contributed by atoms with van der Waals surface area (Å²) >= 11 is 3.04. The zero-order chi connectivity index (χ0) is 21.1. The van der Waals surface area contributed by atoms with Crippen LogP contribution in [0.4, 0.5) is 0 Å². The van der Waals surface area contributed by atoms with Crippen LogP contribution in [-0.4, -0.2) is 32.9 Å². The number of fused-ring (bicyclic) bond motifs is 1. The predicted octanol–water partition coefficient (Wildman–Crippen LogP) is 4.86. The van der Waals surface area contributed by atoms with Crippen LogP contribution in [0.1, 0.15) is 67.4 Å². The molecule has 0 amide bonds. The second-order valence-electron chi connectivity index (χ2n) is 7.27. The fourth-order valence-corrected chi connectivity index (χ4v) is 4.96. The van der Waals surface area contributed by atoms with Gasteiger partial charge in [0.15, 0.2) is 11.0 Å². The molecule has 0 N–H and O–H groups in total. The third kappa shape index (κ3) is 4.73. The maximum Gasteiger partial charge on any atom is 0.263 e. The number of thiophene rings is 1. The Morgan fingerprint density at radius 2 is 2.00 bits per heavy atom. The van der Waals surface area contributed by atoms with Crippen LogP contribution in [0, 0.1) is 13.8 Å². The van der Waals surface area contributed by atoms with E-state index in [4.69, 9.17) is 14.2 Å². The highest BCUT2D eigenvalue weighted by Crippen LogP contribution is 2.35. The highest BCUT2D eigenvalue weighted by molar-refractivity contribution is 7.99. The molecule has 7 nitrogen and oxygen atoms in total. The molecule has 1 atom stereocenters. The Bertz CT molecular complexity index is 1040. The summed E-state index contributed by atoms with van der Waals surface area (Å²) in [5, 5.41) is 5.34. The van der Waals surface area contributed by atoms with Crippen molar-refractivity contribution in [1.82, 2.24) is 19.7 Å². The standard InChI is InChI=1S/C20H28N4O3S2/c1-7-26-10-8-9-24-19(25)15-12(4)13(5)28-18(15)22-20(24)29-14(6)17-21-16(11(2)3)23-27-17/h11,14H,7-10H2,1-6H3/t14-/m0/s1. The maximum absolute atomic E-state index is 13.3. The Morgan fingerprint density at radius 1 is 1.24 bits per heavy atom. The zero-order valence-electron chi connectivity index (χ0n) is 17.8. The Labute approximate surface area is 178 Å². The van der Waals surface area contributed by atoms with Gasteiger partial charge in [-0.2, -0.15) is 4.98 Å². The number of aromatic nitrogens is 4. The number of hydrogen-bond donors (Lipinski definition) is 0. The summed E-state index contributed by atoms with van der Waals surface area (Å²) in [7, 11) is 0. The van der Waals surface area contributed by atoms with E-state index in [0.717, 1.165) is 27.1 Å². The van der Waals surface area contributed by atoms with Crippen LogP contribution in [0.2, 0.25) is 0 Å². The van der Waals surface area contributed by atoms with Crippen molar-refractivity contribution >= 4 is 33.3 Å². The first-order valence-corrected chi connectivity index (χ1v) is 11.6. The van der Waals surface area contributed by atoms with Crippen molar-refractivity contribution < 1.29 is 9.26 Å². The first kappa shape index (κ1) is 22.0. The number of nitrogens with zero attached hydrogens (tertiary/aromatic N) is 4. The molecule has 3 rings (SSSR count). The summed E-state index contributed by atoms with van der Waals surface area (Å²) in [5.41, 5.74) is 1.03. The number of hydrogen-bond acceptors (Lipinski definition) is 8. The minimum absolute atomic E-state index is 0.0106. The smallest absolute Gasteiger partial charge is 0.263 e. The van der Waals surface area contributed by atoms with Crippen LogP contribution in [-0.2, 0) is 11.3 Å². The molecule has 0 bridgehead atoms. The van der Waals surface area contributed by atoms with Gasteiger partial charge in [0.05, 0.1) is 10.6 Å². The lowest BCUT2D eigenvalue weighted by Gasteiger charge is -2.14. The highest BCUT2D eigenvalue weighted by atomic mass is 32.2. The van der Waals surface area contributed by atoms with Gasteiger partial charge in [-0.15, -0.1) is 11.3 Å². The molecule has 29 heavy (non-hydrogen) atoms. The Morgan fingerprint density at radius 3 is 2.66 bits per heavy atom. The van der Waals surface area contributed by atoms with Crippen LogP contribution in [0.15, 0.2) is 14.5 Å². The largest absolute Gasteiger partial charge is 0.382 e. The molecule has 0 aromatic carbocycles. The van der Waals surface area contributed by atoms with Crippen LogP contribution in [0.5, 0.6) is 0 Å². The fraction of sp³-hybridized carbons (Fsp3) is 0.600. The Balaban J connectivity index is 1.96. The number of rotatable bonds is 9. The molecule has 0 radical (unpaired) electrons. The molecule has 0 aliphatic heterocycles. The second-order valence-corrected chi connectivity index (χ2v) is 9.78.